The quantitative estimate of drug-likeness (QED) is 0.186. The molecule has 0 radical (unpaired) electrons. The summed E-state index contributed by atoms with van der Waals surface area (Å²) in [4.78, 5) is 24.3. The Morgan fingerprint density at radius 1 is 0.460 bits per heavy atom. The molecule has 0 aliphatic rings. The zero-order valence-corrected chi connectivity index (χ0v) is 26.6. The summed E-state index contributed by atoms with van der Waals surface area (Å²) in [6.45, 7) is 0. The molecule has 0 bridgehead atoms. The van der Waals surface area contributed by atoms with E-state index in [4.69, 9.17) is 24.4 Å². The minimum Gasteiger partial charge on any atom is -0.453 e. The number of nitrogens with zero attached hydrogens (tertiary/aromatic N) is 6. The molecule has 5 aromatic heterocycles. The molecule has 0 spiro atoms. The van der Waals surface area contributed by atoms with Crippen molar-refractivity contribution < 1.29 is 4.42 Å². The maximum Gasteiger partial charge on any atom is 0.166 e. The van der Waals surface area contributed by atoms with Crippen LogP contribution in [0.3, 0.4) is 0 Å². The van der Waals surface area contributed by atoms with E-state index in [0.717, 1.165) is 60.8 Å². The van der Waals surface area contributed by atoms with E-state index in [1.165, 1.54) is 5.39 Å². The number of para-hydroxylation sites is 2. The Bertz CT molecular complexity index is 2810. The van der Waals surface area contributed by atoms with Crippen molar-refractivity contribution >= 4 is 43.7 Å². The zero-order chi connectivity index (χ0) is 33.0. The number of fused-ring (bicyclic) bond motifs is 6. The summed E-state index contributed by atoms with van der Waals surface area (Å²) in [6.07, 6.45) is 5.34. The van der Waals surface area contributed by atoms with Gasteiger partial charge in [0.25, 0.3) is 0 Å². The van der Waals surface area contributed by atoms with E-state index in [9.17, 15) is 0 Å². The molecule has 50 heavy (non-hydrogen) atoms. The van der Waals surface area contributed by atoms with Crippen molar-refractivity contribution in [2.45, 2.75) is 0 Å². The van der Waals surface area contributed by atoms with E-state index in [2.05, 4.69) is 82.3 Å². The minimum absolute atomic E-state index is 0.520. The zero-order valence-electron chi connectivity index (χ0n) is 26.6. The van der Waals surface area contributed by atoms with Gasteiger partial charge in [-0.2, -0.15) is 0 Å². The molecule has 10 rings (SSSR count). The summed E-state index contributed by atoms with van der Waals surface area (Å²) in [5, 5.41) is 4.15. The van der Waals surface area contributed by atoms with Crippen LogP contribution in [-0.4, -0.2) is 29.5 Å². The Labute approximate surface area is 286 Å². The van der Waals surface area contributed by atoms with Crippen LogP contribution in [0.2, 0.25) is 0 Å². The van der Waals surface area contributed by atoms with E-state index < -0.39 is 0 Å². The summed E-state index contributed by atoms with van der Waals surface area (Å²) in [5.74, 6) is 1.70. The van der Waals surface area contributed by atoms with Crippen LogP contribution in [0.5, 0.6) is 0 Å². The fourth-order valence-electron chi connectivity index (χ4n) is 6.88. The second-order valence-electron chi connectivity index (χ2n) is 12.2. The number of pyridine rings is 2. The largest absolute Gasteiger partial charge is 0.453 e. The summed E-state index contributed by atoms with van der Waals surface area (Å²) in [5.41, 5.74) is 9.16. The van der Waals surface area contributed by atoms with Crippen LogP contribution in [0, 0.1) is 0 Å². The van der Waals surface area contributed by atoms with Crippen LogP contribution >= 0.6 is 0 Å². The molecule has 0 unspecified atom stereocenters. The van der Waals surface area contributed by atoms with Crippen molar-refractivity contribution in [1.82, 2.24) is 29.5 Å². The van der Waals surface area contributed by atoms with Gasteiger partial charge in [-0.25, -0.2) is 15.0 Å². The highest BCUT2D eigenvalue weighted by atomic mass is 16.3. The van der Waals surface area contributed by atoms with Gasteiger partial charge in [0, 0.05) is 55.7 Å². The normalized spacial score (nSPS) is 11.6. The molecule has 5 heterocycles. The number of furan rings is 1. The van der Waals surface area contributed by atoms with E-state index in [0.29, 0.717) is 28.6 Å². The molecule has 0 fully saturated rings. The van der Waals surface area contributed by atoms with Gasteiger partial charge in [0.05, 0.1) is 29.1 Å². The summed E-state index contributed by atoms with van der Waals surface area (Å²) in [7, 11) is 0. The second kappa shape index (κ2) is 11.3. The Morgan fingerprint density at radius 2 is 1.10 bits per heavy atom. The van der Waals surface area contributed by atoms with Gasteiger partial charge in [-0.05, 0) is 36.4 Å². The Hall–Kier alpha value is -6.99. The van der Waals surface area contributed by atoms with Crippen LogP contribution in [0.15, 0.2) is 163 Å². The molecule has 0 aliphatic heterocycles. The molecule has 5 aromatic carbocycles. The lowest BCUT2D eigenvalue weighted by Gasteiger charge is -2.09. The van der Waals surface area contributed by atoms with Gasteiger partial charge >= 0.3 is 0 Å². The van der Waals surface area contributed by atoms with E-state index in [1.54, 1.807) is 18.6 Å². The first kappa shape index (κ1) is 28.1. The maximum atomic E-state index is 6.32. The molecular formula is C43H26N6O. The lowest BCUT2D eigenvalue weighted by molar-refractivity contribution is 0.665. The molecule has 0 saturated carbocycles. The highest BCUT2D eigenvalue weighted by Crippen LogP contribution is 2.39. The predicted octanol–water partition coefficient (Wildman–Crippen LogP) is 10.3. The van der Waals surface area contributed by atoms with Gasteiger partial charge in [-0.15, -0.1) is 0 Å². The van der Waals surface area contributed by atoms with Crippen molar-refractivity contribution in [3.05, 3.63) is 158 Å². The lowest BCUT2D eigenvalue weighted by Crippen LogP contribution is -2.00. The maximum absolute atomic E-state index is 6.32. The van der Waals surface area contributed by atoms with E-state index in [-0.39, 0.29) is 0 Å². The number of hydrogen-bond donors (Lipinski definition) is 0. The highest BCUT2D eigenvalue weighted by Gasteiger charge is 2.20. The number of hydrogen-bond acceptors (Lipinski definition) is 6. The fourth-order valence-corrected chi connectivity index (χ4v) is 6.88. The van der Waals surface area contributed by atoms with Gasteiger partial charge in [0.1, 0.15) is 0 Å². The first-order valence-electron chi connectivity index (χ1n) is 16.4. The standard InChI is InChI=1S/C43H26N6O/c1-4-12-27(13-5-1)41-46-42(28-14-6-2-7-15-28)48-43(47-41)34-24-44-25-39-40(34)33-23-35(45-26-38(33)50-39)29-20-21-37-32(22-29)31-18-10-11-19-36(31)49(37)30-16-8-3-9-17-30/h1-26H. The Balaban J connectivity index is 1.16. The SMILES string of the molecule is c1ccc(-c2nc(-c3ccccc3)nc(-c3cncc4oc5cnc(-c6ccc7c(c6)c6ccccc6n7-c6ccccc6)cc5c34)n2)cc1. The number of aromatic nitrogens is 6. The minimum atomic E-state index is 0.520. The smallest absolute Gasteiger partial charge is 0.166 e. The van der Waals surface area contributed by atoms with Gasteiger partial charge < -0.3 is 8.98 Å². The van der Waals surface area contributed by atoms with Crippen LogP contribution in [0.25, 0.3) is 94.9 Å². The van der Waals surface area contributed by atoms with Crippen LogP contribution in [0.4, 0.5) is 0 Å². The first-order valence-corrected chi connectivity index (χ1v) is 16.4. The topological polar surface area (TPSA) is 82.5 Å². The average molecular weight is 643 g/mol. The van der Waals surface area contributed by atoms with Crippen molar-refractivity contribution in [2.75, 3.05) is 0 Å². The molecule has 7 nitrogen and oxygen atoms in total. The monoisotopic (exact) mass is 642 g/mol. The number of benzene rings is 5. The second-order valence-corrected chi connectivity index (χ2v) is 12.2. The molecule has 0 aliphatic carbocycles. The molecule has 0 atom stereocenters. The average Bonchev–Trinajstić information content (AvgIpc) is 3.74. The van der Waals surface area contributed by atoms with E-state index >= 15 is 0 Å². The van der Waals surface area contributed by atoms with Crippen molar-refractivity contribution in [3.8, 4) is 51.1 Å². The summed E-state index contributed by atoms with van der Waals surface area (Å²) < 4.78 is 8.63. The highest BCUT2D eigenvalue weighted by molar-refractivity contribution is 6.13. The van der Waals surface area contributed by atoms with Gasteiger partial charge in [0.2, 0.25) is 0 Å². The van der Waals surface area contributed by atoms with Crippen LogP contribution in [0.1, 0.15) is 0 Å². The third-order valence-corrected chi connectivity index (χ3v) is 9.19. The third-order valence-electron chi connectivity index (χ3n) is 9.19. The summed E-state index contributed by atoms with van der Waals surface area (Å²) in [6, 6.07) is 47.6. The molecule has 0 amide bonds. The van der Waals surface area contributed by atoms with Crippen molar-refractivity contribution in [1.29, 1.82) is 0 Å². The van der Waals surface area contributed by atoms with Crippen molar-refractivity contribution in [3.63, 3.8) is 0 Å². The molecule has 0 N–H and O–H groups in total. The Kier molecular flexibility index (Phi) is 6.35. The Morgan fingerprint density at radius 3 is 1.84 bits per heavy atom. The van der Waals surface area contributed by atoms with Crippen molar-refractivity contribution in [2.24, 2.45) is 0 Å². The molecule has 10 aromatic rings. The first-order chi connectivity index (χ1) is 24.8. The molecule has 0 saturated heterocycles. The fraction of sp³-hybridized carbons (Fsp3) is 0. The van der Waals surface area contributed by atoms with Crippen LogP contribution in [-0.2, 0) is 0 Å². The van der Waals surface area contributed by atoms with Gasteiger partial charge in [-0.3, -0.25) is 9.97 Å². The number of rotatable bonds is 5. The summed E-state index contributed by atoms with van der Waals surface area (Å²) >= 11 is 0. The van der Waals surface area contributed by atoms with Crippen LogP contribution < -0.4 is 0 Å². The van der Waals surface area contributed by atoms with E-state index in [1.807, 2.05) is 66.7 Å². The third kappa shape index (κ3) is 4.56. The predicted molar refractivity (Wildman–Crippen MR) is 199 cm³/mol. The van der Waals surface area contributed by atoms with Gasteiger partial charge in [0.15, 0.2) is 28.6 Å². The lowest BCUT2D eigenvalue weighted by atomic mass is 10.0. The molecule has 7 heteroatoms. The molecular weight excluding hydrogens is 617 g/mol. The molecule has 234 valence electrons. The van der Waals surface area contributed by atoms with Gasteiger partial charge in [-0.1, -0.05) is 103 Å².